The van der Waals surface area contributed by atoms with Crippen molar-refractivity contribution in [3.8, 4) is 17.2 Å². The Morgan fingerprint density at radius 3 is 2.04 bits per heavy atom. The summed E-state index contributed by atoms with van der Waals surface area (Å²) in [7, 11) is 5.68. The molecule has 0 heterocycles. The molecule has 28 heavy (non-hydrogen) atoms. The average molecular weight is 396 g/mol. The summed E-state index contributed by atoms with van der Waals surface area (Å²) in [5.41, 5.74) is 0.588. The number of hydrogen-bond donors (Lipinski definition) is 2. The molecule has 9 nitrogen and oxygen atoms in total. The minimum Gasteiger partial charge on any atom is -0.493 e. The summed E-state index contributed by atoms with van der Waals surface area (Å²) in [4.78, 5) is 24.6. The number of methoxy groups -OCH3 is 4. The molecule has 1 aromatic rings. The van der Waals surface area contributed by atoms with Gasteiger partial charge >= 0.3 is 5.97 Å². The van der Waals surface area contributed by atoms with Gasteiger partial charge in [0.05, 0.1) is 28.4 Å². The number of carbonyl (C=O) groups excluding carboxylic acids is 2. The largest absolute Gasteiger partial charge is 0.493 e. The first-order valence-corrected chi connectivity index (χ1v) is 8.69. The highest BCUT2D eigenvalue weighted by atomic mass is 16.5. The monoisotopic (exact) mass is 396 g/mol. The maximum atomic E-state index is 12.4. The molecule has 0 aliphatic rings. The fourth-order valence-corrected chi connectivity index (χ4v) is 2.63. The molecule has 0 fully saturated rings. The zero-order valence-corrected chi connectivity index (χ0v) is 17.1. The van der Waals surface area contributed by atoms with Crippen LogP contribution in [-0.2, 0) is 20.7 Å². The SMILES string of the molecule is COC(=O)C(Cc1cc(OC)c(OC)c(OC)c1)NC(=O)/C(CC(C)C)=N\O. The molecule has 2 N–H and O–H groups in total. The van der Waals surface area contributed by atoms with Crippen molar-refractivity contribution in [3.63, 3.8) is 0 Å². The Morgan fingerprint density at radius 1 is 1.07 bits per heavy atom. The van der Waals surface area contributed by atoms with Gasteiger partial charge in [-0.25, -0.2) is 4.79 Å². The van der Waals surface area contributed by atoms with Crippen molar-refractivity contribution >= 4 is 17.6 Å². The molecule has 0 saturated heterocycles. The first-order chi connectivity index (χ1) is 13.3. The van der Waals surface area contributed by atoms with Crippen molar-refractivity contribution in [3.05, 3.63) is 17.7 Å². The summed E-state index contributed by atoms with van der Waals surface area (Å²) in [5.74, 6) is 0.0822. The fourth-order valence-electron chi connectivity index (χ4n) is 2.63. The van der Waals surface area contributed by atoms with Crippen LogP contribution in [0.5, 0.6) is 17.2 Å². The predicted molar refractivity (Wildman–Crippen MR) is 102 cm³/mol. The van der Waals surface area contributed by atoms with E-state index in [9.17, 15) is 9.59 Å². The van der Waals surface area contributed by atoms with Gasteiger partial charge in [0.25, 0.3) is 5.91 Å². The average Bonchev–Trinajstić information content (AvgIpc) is 2.69. The smallest absolute Gasteiger partial charge is 0.328 e. The van der Waals surface area contributed by atoms with Crippen molar-refractivity contribution < 1.29 is 33.7 Å². The minimum absolute atomic E-state index is 0.0613. The lowest BCUT2D eigenvalue weighted by Crippen LogP contribution is -2.46. The third kappa shape index (κ3) is 6.04. The molecule has 0 aliphatic heterocycles. The molecule has 0 radical (unpaired) electrons. The standard InChI is InChI=1S/C19H28N2O7/c1-11(2)7-13(21-24)18(22)20-14(19(23)28-6)8-12-9-15(25-3)17(27-5)16(10-12)26-4/h9-11,14,24H,7-8H2,1-6H3,(H,20,22)/b21-13-. The van der Waals surface area contributed by atoms with E-state index in [1.165, 1.54) is 28.4 Å². The fraction of sp³-hybridized carbons (Fsp3) is 0.526. The highest BCUT2D eigenvalue weighted by molar-refractivity contribution is 6.39. The van der Waals surface area contributed by atoms with Crippen LogP contribution in [0.4, 0.5) is 0 Å². The number of oxime groups is 1. The van der Waals surface area contributed by atoms with Crippen molar-refractivity contribution in [2.45, 2.75) is 32.7 Å². The number of ether oxygens (including phenoxy) is 4. The molecular formula is C19H28N2O7. The summed E-state index contributed by atoms with van der Waals surface area (Å²) in [5, 5.41) is 14.7. The third-order valence-corrected chi connectivity index (χ3v) is 3.94. The van der Waals surface area contributed by atoms with Crippen molar-refractivity contribution in [1.82, 2.24) is 5.32 Å². The number of amides is 1. The molecule has 9 heteroatoms. The first-order valence-electron chi connectivity index (χ1n) is 8.69. The zero-order chi connectivity index (χ0) is 21.3. The van der Waals surface area contributed by atoms with Crippen LogP contribution in [-0.4, -0.2) is 57.3 Å². The molecule has 0 bridgehead atoms. The summed E-state index contributed by atoms with van der Waals surface area (Å²) in [6.07, 6.45) is 0.371. The second kappa shape index (κ2) is 11.0. The molecular weight excluding hydrogens is 368 g/mol. The van der Waals surface area contributed by atoms with Gasteiger partial charge in [0.1, 0.15) is 11.8 Å². The van der Waals surface area contributed by atoms with Gasteiger partial charge in [-0.2, -0.15) is 0 Å². The molecule has 0 spiro atoms. The molecule has 1 aromatic carbocycles. The molecule has 0 aliphatic carbocycles. The number of hydrogen-bond acceptors (Lipinski definition) is 8. The summed E-state index contributed by atoms with van der Waals surface area (Å²) >= 11 is 0. The van der Waals surface area contributed by atoms with Gasteiger partial charge in [-0.3, -0.25) is 4.79 Å². The van der Waals surface area contributed by atoms with Gasteiger partial charge in [-0.15, -0.1) is 0 Å². The maximum Gasteiger partial charge on any atom is 0.328 e. The topological polar surface area (TPSA) is 116 Å². The second-order valence-electron chi connectivity index (χ2n) is 6.43. The Bertz CT molecular complexity index is 691. The van der Waals surface area contributed by atoms with E-state index in [0.717, 1.165) is 0 Å². The van der Waals surface area contributed by atoms with Crippen molar-refractivity contribution in [2.24, 2.45) is 11.1 Å². The van der Waals surface area contributed by atoms with Crippen LogP contribution in [0.3, 0.4) is 0 Å². The van der Waals surface area contributed by atoms with Gasteiger partial charge in [0.2, 0.25) is 5.75 Å². The summed E-state index contributed by atoms with van der Waals surface area (Å²) in [6.45, 7) is 3.76. The number of esters is 1. The summed E-state index contributed by atoms with van der Waals surface area (Å²) < 4.78 is 20.7. The van der Waals surface area contributed by atoms with E-state index in [2.05, 4.69) is 10.5 Å². The van der Waals surface area contributed by atoms with Crippen LogP contribution >= 0.6 is 0 Å². The maximum absolute atomic E-state index is 12.4. The van der Waals surface area contributed by atoms with Gasteiger partial charge in [-0.1, -0.05) is 19.0 Å². The van der Waals surface area contributed by atoms with Gasteiger partial charge in [0.15, 0.2) is 11.5 Å². The number of nitrogens with one attached hydrogen (secondary N) is 1. The van der Waals surface area contributed by atoms with E-state index < -0.39 is 17.9 Å². The van der Waals surface area contributed by atoms with E-state index in [1.54, 1.807) is 12.1 Å². The summed E-state index contributed by atoms with van der Waals surface area (Å²) in [6, 6.07) is 2.36. The highest BCUT2D eigenvalue weighted by Crippen LogP contribution is 2.38. The lowest BCUT2D eigenvalue weighted by molar-refractivity contribution is -0.144. The van der Waals surface area contributed by atoms with E-state index in [-0.39, 0.29) is 24.5 Å². The van der Waals surface area contributed by atoms with E-state index in [4.69, 9.17) is 24.2 Å². The van der Waals surface area contributed by atoms with Crippen LogP contribution in [0.2, 0.25) is 0 Å². The van der Waals surface area contributed by atoms with Crippen LogP contribution < -0.4 is 19.5 Å². The molecule has 1 atom stereocenters. The number of rotatable bonds is 10. The Balaban J connectivity index is 3.14. The Hall–Kier alpha value is -2.97. The third-order valence-electron chi connectivity index (χ3n) is 3.94. The number of nitrogens with zero attached hydrogens (tertiary/aromatic N) is 1. The Morgan fingerprint density at radius 2 is 1.64 bits per heavy atom. The van der Waals surface area contributed by atoms with Gasteiger partial charge in [0, 0.05) is 12.8 Å². The molecule has 1 unspecified atom stereocenters. The quantitative estimate of drug-likeness (QED) is 0.268. The Kier molecular flexibility index (Phi) is 9.07. The van der Waals surface area contributed by atoms with Crippen LogP contribution in [0.15, 0.2) is 17.3 Å². The molecule has 0 saturated carbocycles. The normalized spacial score (nSPS) is 12.3. The van der Waals surface area contributed by atoms with E-state index >= 15 is 0 Å². The molecule has 0 aromatic heterocycles. The number of benzene rings is 1. The predicted octanol–water partition coefficient (Wildman–Crippen LogP) is 1.79. The zero-order valence-electron chi connectivity index (χ0n) is 17.1. The van der Waals surface area contributed by atoms with E-state index in [0.29, 0.717) is 22.8 Å². The highest BCUT2D eigenvalue weighted by Gasteiger charge is 2.26. The van der Waals surface area contributed by atoms with Gasteiger partial charge < -0.3 is 29.5 Å². The van der Waals surface area contributed by atoms with Crippen molar-refractivity contribution in [1.29, 1.82) is 0 Å². The van der Waals surface area contributed by atoms with Crippen LogP contribution in [0.25, 0.3) is 0 Å². The van der Waals surface area contributed by atoms with Gasteiger partial charge in [-0.05, 0) is 23.6 Å². The first kappa shape index (κ1) is 23.1. The van der Waals surface area contributed by atoms with Crippen LogP contribution in [0.1, 0.15) is 25.8 Å². The Labute approximate surface area is 164 Å². The van der Waals surface area contributed by atoms with Crippen molar-refractivity contribution in [2.75, 3.05) is 28.4 Å². The van der Waals surface area contributed by atoms with E-state index in [1.807, 2.05) is 13.8 Å². The molecule has 1 amide bonds. The minimum atomic E-state index is -0.996. The molecule has 156 valence electrons. The lowest BCUT2D eigenvalue weighted by Gasteiger charge is -2.19. The van der Waals surface area contributed by atoms with Crippen LogP contribution in [0, 0.1) is 5.92 Å². The lowest BCUT2D eigenvalue weighted by atomic mass is 10.0. The molecule has 1 rings (SSSR count). The second-order valence-corrected chi connectivity index (χ2v) is 6.43. The number of carbonyl (C=O) groups is 2.